The van der Waals surface area contributed by atoms with Crippen LogP contribution < -0.4 is 11.3 Å². The van der Waals surface area contributed by atoms with Crippen molar-refractivity contribution in [2.45, 2.75) is 13.0 Å². The number of alkyl halides is 2. The summed E-state index contributed by atoms with van der Waals surface area (Å²) in [5.41, 5.74) is 3.03. The molecule has 0 aliphatic carbocycles. The third-order valence-electron chi connectivity index (χ3n) is 2.66. The van der Waals surface area contributed by atoms with Gasteiger partial charge in [-0.25, -0.2) is 8.78 Å². The summed E-state index contributed by atoms with van der Waals surface area (Å²) < 4.78 is 24.9. The van der Waals surface area contributed by atoms with Crippen LogP contribution in [-0.2, 0) is 6.54 Å². The van der Waals surface area contributed by atoms with Crippen molar-refractivity contribution in [2.75, 3.05) is 25.1 Å². The summed E-state index contributed by atoms with van der Waals surface area (Å²) in [6, 6.07) is 3.94. The molecule has 0 heterocycles. The Kier molecular flexibility index (Phi) is 6.22. The molecule has 1 rings (SSSR count). The number of aliphatic hydroxyl groups is 1. The summed E-state index contributed by atoms with van der Waals surface area (Å²) in [7, 11) is 0. The number of nitrogens with one attached hydrogen (secondary N) is 1. The molecule has 9 heteroatoms. The molecular weight excluding hydrogens is 274 g/mol. The molecule has 20 heavy (non-hydrogen) atoms. The van der Waals surface area contributed by atoms with Gasteiger partial charge in [-0.2, -0.15) is 0 Å². The van der Waals surface area contributed by atoms with Crippen molar-refractivity contribution in [3.8, 4) is 0 Å². The number of non-ortho nitro benzene ring substituents is 1. The molecule has 0 saturated heterocycles. The van der Waals surface area contributed by atoms with E-state index < -0.39 is 17.9 Å². The Bertz CT molecular complexity index is 459. The average Bonchev–Trinajstić information content (AvgIpc) is 2.38. The number of nitro groups is 1. The monoisotopic (exact) mass is 290 g/mol. The highest BCUT2D eigenvalue weighted by Crippen LogP contribution is 2.23. The van der Waals surface area contributed by atoms with E-state index in [1.807, 2.05) is 0 Å². The second-order valence-corrected chi connectivity index (χ2v) is 4.09. The smallest absolute Gasteiger partial charge is 0.269 e. The fourth-order valence-corrected chi connectivity index (χ4v) is 1.78. The molecule has 0 fully saturated rings. The molecule has 0 spiro atoms. The van der Waals surface area contributed by atoms with Gasteiger partial charge in [0.2, 0.25) is 0 Å². The number of nitrogen functional groups attached to an aromatic ring is 1. The van der Waals surface area contributed by atoms with Gasteiger partial charge in [-0.3, -0.25) is 20.9 Å². The van der Waals surface area contributed by atoms with Crippen molar-refractivity contribution in [2.24, 2.45) is 5.84 Å². The molecule has 0 radical (unpaired) electrons. The lowest BCUT2D eigenvalue weighted by Crippen LogP contribution is -2.31. The van der Waals surface area contributed by atoms with Crippen LogP contribution in [0.15, 0.2) is 18.2 Å². The van der Waals surface area contributed by atoms with Crippen LogP contribution in [0.1, 0.15) is 5.56 Å². The summed E-state index contributed by atoms with van der Waals surface area (Å²) in [5, 5.41) is 19.6. The molecular formula is C11H16F2N4O3. The summed E-state index contributed by atoms with van der Waals surface area (Å²) in [4.78, 5) is 11.4. The maximum absolute atomic E-state index is 12.4. The highest BCUT2D eigenvalue weighted by Gasteiger charge is 2.16. The predicted octanol–water partition coefficient (Wildman–Crippen LogP) is 0.940. The highest BCUT2D eigenvalue weighted by molar-refractivity contribution is 5.55. The lowest BCUT2D eigenvalue weighted by Gasteiger charge is -2.22. The van der Waals surface area contributed by atoms with Crippen molar-refractivity contribution >= 4 is 11.4 Å². The van der Waals surface area contributed by atoms with Gasteiger partial charge >= 0.3 is 0 Å². The van der Waals surface area contributed by atoms with E-state index in [0.717, 1.165) is 0 Å². The van der Waals surface area contributed by atoms with Gasteiger partial charge in [-0.05, 0) is 11.6 Å². The first-order valence-electron chi connectivity index (χ1n) is 5.83. The van der Waals surface area contributed by atoms with Crippen LogP contribution in [-0.4, -0.2) is 41.1 Å². The molecule has 0 unspecified atom stereocenters. The first-order chi connectivity index (χ1) is 9.47. The summed E-state index contributed by atoms with van der Waals surface area (Å²) in [5.74, 6) is 5.29. The SMILES string of the molecule is NNc1ccc([N+](=O)[O-])cc1CN(CCO)CC(F)F. The van der Waals surface area contributed by atoms with Gasteiger partial charge in [0.05, 0.1) is 23.8 Å². The molecule has 0 aliphatic heterocycles. The number of anilines is 1. The standard InChI is InChI=1S/C11H16F2N4O3/c12-11(13)7-16(3-4-18)6-8-5-9(17(19)20)1-2-10(8)15-14/h1-2,5,11,15,18H,3-4,6-7,14H2. The largest absolute Gasteiger partial charge is 0.395 e. The summed E-state index contributed by atoms with van der Waals surface area (Å²) in [6.07, 6.45) is -2.56. The number of hydrazine groups is 1. The molecule has 1 aromatic rings. The van der Waals surface area contributed by atoms with Crippen molar-refractivity contribution in [1.29, 1.82) is 0 Å². The van der Waals surface area contributed by atoms with Crippen LogP contribution in [0.2, 0.25) is 0 Å². The maximum Gasteiger partial charge on any atom is 0.269 e. The average molecular weight is 290 g/mol. The third kappa shape index (κ3) is 4.68. The third-order valence-corrected chi connectivity index (χ3v) is 2.66. The topological polar surface area (TPSA) is 105 Å². The van der Waals surface area contributed by atoms with Crippen molar-refractivity contribution < 1.29 is 18.8 Å². The number of benzene rings is 1. The van der Waals surface area contributed by atoms with Crippen molar-refractivity contribution in [1.82, 2.24) is 4.90 Å². The summed E-state index contributed by atoms with van der Waals surface area (Å²) >= 11 is 0. The fraction of sp³-hybridized carbons (Fsp3) is 0.455. The number of nitrogens with zero attached hydrogens (tertiary/aromatic N) is 2. The van der Waals surface area contributed by atoms with Gasteiger partial charge in [0, 0.05) is 25.2 Å². The minimum absolute atomic E-state index is 0.0200. The van der Waals surface area contributed by atoms with E-state index >= 15 is 0 Å². The molecule has 1 aromatic carbocycles. The Labute approximate surface area is 114 Å². The van der Waals surface area contributed by atoms with E-state index in [1.165, 1.54) is 23.1 Å². The number of hydrogen-bond donors (Lipinski definition) is 3. The second kappa shape index (κ2) is 7.68. The molecule has 0 bridgehead atoms. The Morgan fingerprint density at radius 1 is 1.50 bits per heavy atom. The lowest BCUT2D eigenvalue weighted by molar-refractivity contribution is -0.384. The lowest BCUT2D eigenvalue weighted by atomic mass is 10.1. The molecule has 0 aromatic heterocycles. The van der Waals surface area contributed by atoms with Gasteiger partial charge in [0.1, 0.15) is 0 Å². The quantitative estimate of drug-likeness (QED) is 0.374. The fourth-order valence-electron chi connectivity index (χ4n) is 1.78. The van der Waals surface area contributed by atoms with Crippen molar-refractivity contribution in [3.63, 3.8) is 0 Å². The Hall–Kier alpha value is -1.84. The predicted molar refractivity (Wildman–Crippen MR) is 69.3 cm³/mol. The molecule has 0 saturated carbocycles. The van der Waals surface area contributed by atoms with Crippen LogP contribution in [0.3, 0.4) is 0 Å². The molecule has 7 nitrogen and oxygen atoms in total. The number of hydrogen-bond acceptors (Lipinski definition) is 6. The normalized spacial score (nSPS) is 11.1. The zero-order valence-electron chi connectivity index (χ0n) is 10.6. The minimum atomic E-state index is -2.56. The van der Waals surface area contributed by atoms with Gasteiger partial charge in [-0.1, -0.05) is 0 Å². The molecule has 0 aliphatic rings. The van der Waals surface area contributed by atoms with E-state index in [-0.39, 0.29) is 25.4 Å². The van der Waals surface area contributed by atoms with Gasteiger partial charge < -0.3 is 10.5 Å². The van der Waals surface area contributed by atoms with E-state index in [9.17, 15) is 18.9 Å². The van der Waals surface area contributed by atoms with Crippen LogP contribution in [0.4, 0.5) is 20.2 Å². The molecule has 0 atom stereocenters. The highest BCUT2D eigenvalue weighted by atomic mass is 19.3. The molecule has 0 amide bonds. The van der Waals surface area contributed by atoms with E-state index in [1.54, 1.807) is 0 Å². The molecule has 4 N–H and O–H groups in total. The van der Waals surface area contributed by atoms with Crippen molar-refractivity contribution in [3.05, 3.63) is 33.9 Å². The van der Waals surface area contributed by atoms with E-state index in [0.29, 0.717) is 11.3 Å². The first-order valence-corrected chi connectivity index (χ1v) is 5.83. The molecule has 112 valence electrons. The van der Waals surface area contributed by atoms with E-state index in [2.05, 4.69) is 5.43 Å². The number of aliphatic hydroxyl groups excluding tert-OH is 1. The number of nitro benzene ring substituents is 1. The van der Waals surface area contributed by atoms with Crippen LogP contribution in [0.5, 0.6) is 0 Å². The number of rotatable bonds is 8. The first kappa shape index (κ1) is 16.2. The minimum Gasteiger partial charge on any atom is -0.395 e. The second-order valence-electron chi connectivity index (χ2n) is 4.09. The van der Waals surface area contributed by atoms with Gasteiger partial charge in [0.15, 0.2) is 0 Å². The summed E-state index contributed by atoms with van der Waals surface area (Å²) in [6.45, 7) is -0.760. The van der Waals surface area contributed by atoms with Gasteiger partial charge in [0.25, 0.3) is 12.1 Å². The van der Waals surface area contributed by atoms with Crippen LogP contribution >= 0.6 is 0 Å². The Balaban J connectivity index is 2.96. The zero-order valence-corrected chi connectivity index (χ0v) is 10.6. The number of nitrogens with two attached hydrogens (primary N) is 1. The van der Waals surface area contributed by atoms with E-state index in [4.69, 9.17) is 10.9 Å². The maximum atomic E-state index is 12.4. The van der Waals surface area contributed by atoms with Crippen LogP contribution in [0, 0.1) is 10.1 Å². The number of halogens is 2. The van der Waals surface area contributed by atoms with Gasteiger partial charge in [-0.15, -0.1) is 0 Å². The Morgan fingerprint density at radius 2 is 2.20 bits per heavy atom. The van der Waals surface area contributed by atoms with Crippen LogP contribution in [0.25, 0.3) is 0 Å². The Morgan fingerprint density at radius 3 is 2.70 bits per heavy atom. The zero-order chi connectivity index (χ0) is 15.1.